The number of aryl methyl sites for hydroxylation is 2. The molecule has 1 N–H and O–H groups in total. The van der Waals surface area contributed by atoms with Gasteiger partial charge in [-0.3, -0.25) is 9.59 Å². The molecule has 7 heteroatoms. The third-order valence-electron chi connectivity index (χ3n) is 3.80. The van der Waals surface area contributed by atoms with E-state index in [2.05, 4.69) is 10.5 Å². The summed E-state index contributed by atoms with van der Waals surface area (Å²) >= 11 is 1.30. The topological polar surface area (TPSA) is 75.4 Å². The Morgan fingerprint density at radius 1 is 1.32 bits per heavy atom. The number of thioether (sulfide) groups is 1. The zero-order valence-corrected chi connectivity index (χ0v) is 15.7. The van der Waals surface area contributed by atoms with Crippen LogP contribution >= 0.6 is 11.8 Å². The van der Waals surface area contributed by atoms with E-state index < -0.39 is 0 Å². The van der Waals surface area contributed by atoms with Crippen molar-refractivity contribution >= 4 is 29.4 Å². The van der Waals surface area contributed by atoms with Crippen LogP contribution in [-0.4, -0.2) is 39.9 Å². The van der Waals surface area contributed by atoms with E-state index in [1.54, 1.807) is 31.9 Å². The summed E-state index contributed by atoms with van der Waals surface area (Å²) in [6.45, 7) is 6.11. The molecule has 0 radical (unpaired) electrons. The molecule has 0 fully saturated rings. The highest BCUT2D eigenvalue weighted by Gasteiger charge is 2.18. The molecule has 2 aromatic rings. The third kappa shape index (κ3) is 5.63. The second kappa shape index (κ2) is 8.71. The van der Waals surface area contributed by atoms with Gasteiger partial charge in [-0.1, -0.05) is 29.4 Å². The number of nitrogens with zero attached hydrogens (tertiary/aromatic N) is 2. The van der Waals surface area contributed by atoms with E-state index in [0.717, 1.165) is 11.1 Å². The summed E-state index contributed by atoms with van der Waals surface area (Å²) < 4.78 is 4.91. The molecule has 0 saturated carbocycles. The van der Waals surface area contributed by atoms with Crippen LogP contribution in [0.3, 0.4) is 0 Å². The van der Waals surface area contributed by atoms with Crippen LogP contribution in [0.25, 0.3) is 0 Å². The molecule has 134 valence electrons. The number of nitrogens with one attached hydrogen (secondary N) is 1. The maximum atomic E-state index is 12.3. The van der Waals surface area contributed by atoms with Crippen LogP contribution in [0.15, 0.2) is 34.9 Å². The lowest BCUT2D eigenvalue weighted by atomic mass is 10.1. The first-order valence-corrected chi connectivity index (χ1v) is 9.06. The molecule has 0 aliphatic heterocycles. The van der Waals surface area contributed by atoms with Crippen molar-refractivity contribution in [3.8, 4) is 0 Å². The normalized spacial score (nSPS) is 11.8. The number of hydrogen-bond donors (Lipinski definition) is 1. The molecule has 2 amide bonds. The molecular formula is C18H23N3O3S. The van der Waals surface area contributed by atoms with Crippen molar-refractivity contribution < 1.29 is 14.1 Å². The highest BCUT2D eigenvalue weighted by Crippen LogP contribution is 2.16. The quantitative estimate of drug-likeness (QED) is 0.820. The van der Waals surface area contributed by atoms with Gasteiger partial charge in [-0.25, -0.2) is 0 Å². The van der Waals surface area contributed by atoms with Crippen molar-refractivity contribution in [1.82, 2.24) is 10.1 Å². The Morgan fingerprint density at radius 3 is 2.68 bits per heavy atom. The van der Waals surface area contributed by atoms with E-state index in [1.807, 2.05) is 31.2 Å². The zero-order chi connectivity index (χ0) is 18.4. The number of amides is 2. The van der Waals surface area contributed by atoms with Crippen LogP contribution in [0, 0.1) is 13.8 Å². The van der Waals surface area contributed by atoms with Crippen LogP contribution in [0.4, 0.5) is 5.82 Å². The van der Waals surface area contributed by atoms with Crippen molar-refractivity contribution in [2.75, 3.05) is 18.1 Å². The maximum absolute atomic E-state index is 12.3. The molecule has 1 aromatic carbocycles. The Bertz CT molecular complexity index is 745. The van der Waals surface area contributed by atoms with E-state index in [0.29, 0.717) is 18.1 Å². The summed E-state index contributed by atoms with van der Waals surface area (Å²) in [5.74, 6) is 1.05. The molecule has 0 aliphatic carbocycles. The van der Waals surface area contributed by atoms with Gasteiger partial charge in [-0.2, -0.15) is 0 Å². The number of rotatable bonds is 7. The fourth-order valence-corrected chi connectivity index (χ4v) is 2.99. The molecule has 0 saturated heterocycles. The minimum atomic E-state index is -0.368. The first-order chi connectivity index (χ1) is 11.9. The number of hydrogen-bond acceptors (Lipinski definition) is 5. The molecule has 0 aliphatic rings. The molecule has 1 heterocycles. The third-order valence-corrected chi connectivity index (χ3v) is 4.93. The second-order valence-corrected chi connectivity index (χ2v) is 7.27. The van der Waals surface area contributed by atoms with E-state index in [1.165, 1.54) is 11.8 Å². The number of anilines is 1. The van der Waals surface area contributed by atoms with E-state index in [4.69, 9.17) is 4.52 Å². The van der Waals surface area contributed by atoms with Gasteiger partial charge in [0.25, 0.3) is 0 Å². The highest BCUT2D eigenvalue weighted by atomic mass is 32.2. The maximum Gasteiger partial charge on any atom is 0.238 e. The SMILES string of the molecule is Cc1cc(NC(=O)C(C)SCC(=O)N(C)Cc2ccccc2C)no1. The first kappa shape index (κ1) is 19.1. The van der Waals surface area contributed by atoms with Crippen LogP contribution in [0.2, 0.25) is 0 Å². The summed E-state index contributed by atoms with van der Waals surface area (Å²) in [4.78, 5) is 26.1. The van der Waals surface area contributed by atoms with Crippen LogP contribution < -0.4 is 5.32 Å². The Kier molecular flexibility index (Phi) is 6.64. The average Bonchev–Trinajstić information content (AvgIpc) is 2.99. The van der Waals surface area contributed by atoms with Gasteiger partial charge in [0.1, 0.15) is 5.76 Å². The number of benzene rings is 1. The van der Waals surface area contributed by atoms with Gasteiger partial charge in [0.05, 0.1) is 11.0 Å². The Hall–Kier alpha value is -2.28. The Labute approximate surface area is 151 Å². The number of carbonyl (C=O) groups is 2. The first-order valence-electron chi connectivity index (χ1n) is 8.01. The van der Waals surface area contributed by atoms with E-state index in [-0.39, 0.29) is 22.8 Å². The monoisotopic (exact) mass is 361 g/mol. The van der Waals surface area contributed by atoms with Gasteiger partial charge in [-0.15, -0.1) is 11.8 Å². The predicted molar refractivity (Wildman–Crippen MR) is 99.4 cm³/mol. The summed E-state index contributed by atoms with van der Waals surface area (Å²) in [5, 5.41) is 6.03. The lowest BCUT2D eigenvalue weighted by molar-refractivity contribution is -0.127. The van der Waals surface area contributed by atoms with Gasteiger partial charge >= 0.3 is 0 Å². The lowest BCUT2D eigenvalue weighted by Gasteiger charge is -2.19. The fourth-order valence-electron chi connectivity index (χ4n) is 2.17. The van der Waals surface area contributed by atoms with Crippen molar-refractivity contribution in [3.05, 3.63) is 47.2 Å². The fraction of sp³-hybridized carbons (Fsp3) is 0.389. The van der Waals surface area contributed by atoms with E-state index >= 15 is 0 Å². The van der Waals surface area contributed by atoms with Gasteiger partial charge in [0.2, 0.25) is 11.8 Å². The van der Waals surface area contributed by atoms with Crippen molar-refractivity contribution in [1.29, 1.82) is 0 Å². The van der Waals surface area contributed by atoms with Crippen LogP contribution in [0.1, 0.15) is 23.8 Å². The van der Waals surface area contributed by atoms with Gasteiger partial charge in [0, 0.05) is 19.7 Å². The lowest BCUT2D eigenvalue weighted by Crippen LogP contribution is -2.30. The Balaban J connectivity index is 1.80. The standard InChI is InChI=1S/C18H23N3O3S/c1-12-7-5-6-8-15(12)10-21(4)17(22)11-25-14(3)18(23)19-16-9-13(2)24-20-16/h5-9,14H,10-11H2,1-4H3,(H,19,20,23). The molecule has 2 rings (SSSR count). The van der Waals surface area contributed by atoms with Gasteiger partial charge in [0.15, 0.2) is 5.82 Å². The number of aromatic nitrogens is 1. The molecule has 0 spiro atoms. The molecular weight excluding hydrogens is 338 g/mol. The molecule has 6 nitrogen and oxygen atoms in total. The molecule has 1 unspecified atom stereocenters. The minimum absolute atomic E-state index is 0.00909. The Morgan fingerprint density at radius 2 is 2.04 bits per heavy atom. The summed E-state index contributed by atoms with van der Waals surface area (Å²) in [5.41, 5.74) is 2.28. The van der Waals surface area contributed by atoms with Gasteiger partial charge in [-0.05, 0) is 31.9 Å². The van der Waals surface area contributed by atoms with Crippen molar-refractivity contribution in [2.24, 2.45) is 0 Å². The summed E-state index contributed by atoms with van der Waals surface area (Å²) in [6.07, 6.45) is 0. The molecule has 0 bridgehead atoms. The minimum Gasteiger partial charge on any atom is -0.360 e. The molecule has 1 atom stereocenters. The molecule has 1 aromatic heterocycles. The second-order valence-electron chi connectivity index (χ2n) is 5.94. The highest BCUT2D eigenvalue weighted by molar-refractivity contribution is 8.01. The van der Waals surface area contributed by atoms with Crippen molar-refractivity contribution in [2.45, 2.75) is 32.6 Å². The van der Waals surface area contributed by atoms with Gasteiger partial charge < -0.3 is 14.7 Å². The van der Waals surface area contributed by atoms with E-state index in [9.17, 15) is 9.59 Å². The average molecular weight is 361 g/mol. The number of carbonyl (C=O) groups excluding carboxylic acids is 2. The largest absolute Gasteiger partial charge is 0.360 e. The van der Waals surface area contributed by atoms with Crippen LogP contribution in [0.5, 0.6) is 0 Å². The summed E-state index contributed by atoms with van der Waals surface area (Å²) in [6, 6.07) is 9.64. The molecule has 25 heavy (non-hydrogen) atoms. The van der Waals surface area contributed by atoms with Crippen molar-refractivity contribution in [3.63, 3.8) is 0 Å². The smallest absolute Gasteiger partial charge is 0.238 e. The predicted octanol–water partition coefficient (Wildman–Crippen LogP) is 3.01. The summed E-state index contributed by atoms with van der Waals surface area (Å²) in [7, 11) is 1.78. The zero-order valence-electron chi connectivity index (χ0n) is 14.9. The van der Waals surface area contributed by atoms with Crippen LogP contribution in [-0.2, 0) is 16.1 Å².